The molecule has 0 saturated carbocycles. The normalized spacial score (nSPS) is 24.6. The van der Waals surface area contributed by atoms with Gasteiger partial charge in [-0.1, -0.05) is 0 Å². The number of benzene rings is 1. The number of hydrogen-bond donors (Lipinski definition) is 4. The number of rotatable bonds is 9. The maximum Gasteiger partial charge on any atom is 0.225 e. The Labute approximate surface area is 222 Å². The Kier molecular flexibility index (Phi) is 7.01. The number of nitrogens with one attached hydrogen (secondary N) is 4. The van der Waals surface area contributed by atoms with Crippen LogP contribution in [0, 0.1) is 24.2 Å². The predicted octanol–water partition coefficient (Wildman–Crippen LogP) is 4.69. The van der Waals surface area contributed by atoms with Crippen molar-refractivity contribution < 1.29 is 4.74 Å². The highest BCUT2D eigenvalue weighted by molar-refractivity contribution is 5.93. The molecular formula is C28H35N9O. The van der Waals surface area contributed by atoms with Gasteiger partial charge in [0.05, 0.1) is 24.5 Å². The standard InChI is InChI=1S/C28H35N9O/c1-18-13-26(36-35-18)33-27-24-6-3-20(30-17-19-7-11-38-12-8-19)16-25(24)32-28(34-27)31-21-14-22-4-5-23(15-21)37(22)10-2-9-29/h3,6-7,11,13,16,19,21-23,30H,2,4-5,8,10,12,14-15,17H2,1H3,(H3,31,32,33,34,35,36). The summed E-state index contributed by atoms with van der Waals surface area (Å²) in [6.45, 7) is 4.48. The van der Waals surface area contributed by atoms with Crippen molar-refractivity contribution in [2.45, 2.75) is 63.6 Å². The molecule has 0 spiro atoms. The molecule has 3 atom stereocenters. The molecule has 3 aromatic rings. The van der Waals surface area contributed by atoms with E-state index in [2.05, 4.69) is 61.4 Å². The van der Waals surface area contributed by atoms with Gasteiger partial charge in [0, 0.05) is 66.4 Å². The highest BCUT2D eigenvalue weighted by atomic mass is 16.5. The van der Waals surface area contributed by atoms with E-state index in [1.807, 2.05) is 13.0 Å². The van der Waals surface area contributed by atoms with Crippen molar-refractivity contribution in [2.24, 2.45) is 5.92 Å². The molecule has 0 radical (unpaired) electrons. The van der Waals surface area contributed by atoms with E-state index in [-0.39, 0.29) is 0 Å². The van der Waals surface area contributed by atoms with E-state index in [0.29, 0.717) is 36.4 Å². The third-order valence-electron chi connectivity index (χ3n) is 7.97. The minimum Gasteiger partial charge on any atom is -0.501 e. The first-order valence-corrected chi connectivity index (χ1v) is 13.7. The number of aromatic nitrogens is 4. The summed E-state index contributed by atoms with van der Waals surface area (Å²) in [5.74, 6) is 2.55. The van der Waals surface area contributed by atoms with Crippen molar-refractivity contribution in [3.8, 4) is 6.07 Å². The second-order valence-electron chi connectivity index (χ2n) is 10.7. The topological polar surface area (TPSA) is 127 Å². The lowest BCUT2D eigenvalue weighted by Crippen LogP contribution is -2.47. The first-order chi connectivity index (χ1) is 18.6. The van der Waals surface area contributed by atoms with Gasteiger partial charge in [0.25, 0.3) is 0 Å². The molecular weight excluding hydrogens is 478 g/mol. The van der Waals surface area contributed by atoms with Crippen LogP contribution in [0.2, 0.25) is 0 Å². The van der Waals surface area contributed by atoms with Gasteiger partial charge in [0.15, 0.2) is 5.82 Å². The molecule has 5 heterocycles. The highest BCUT2D eigenvalue weighted by Gasteiger charge is 2.40. The molecule has 3 aliphatic heterocycles. The van der Waals surface area contributed by atoms with Gasteiger partial charge in [-0.3, -0.25) is 10.00 Å². The molecule has 3 aliphatic rings. The zero-order chi connectivity index (χ0) is 25.9. The summed E-state index contributed by atoms with van der Waals surface area (Å²) in [6.07, 6.45) is 10.0. The quantitative estimate of drug-likeness (QED) is 0.322. The van der Waals surface area contributed by atoms with Crippen LogP contribution >= 0.6 is 0 Å². The second-order valence-corrected chi connectivity index (χ2v) is 10.7. The van der Waals surface area contributed by atoms with Gasteiger partial charge in [-0.2, -0.15) is 15.3 Å². The van der Waals surface area contributed by atoms with Gasteiger partial charge in [-0.25, -0.2) is 4.98 Å². The lowest BCUT2D eigenvalue weighted by Gasteiger charge is -2.38. The summed E-state index contributed by atoms with van der Waals surface area (Å²) < 4.78 is 5.33. The third-order valence-corrected chi connectivity index (χ3v) is 7.97. The van der Waals surface area contributed by atoms with Crippen molar-refractivity contribution in [2.75, 3.05) is 35.6 Å². The minimum atomic E-state index is 0.311. The molecule has 38 heavy (non-hydrogen) atoms. The number of fused-ring (bicyclic) bond motifs is 3. The zero-order valence-electron chi connectivity index (χ0n) is 21.8. The minimum absolute atomic E-state index is 0.311. The van der Waals surface area contributed by atoms with Gasteiger partial charge in [-0.05, 0) is 63.3 Å². The number of nitriles is 1. The molecule has 0 aliphatic carbocycles. The summed E-state index contributed by atoms with van der Waals surface area (Å²) in [7, 11) is 0. The summed E-state index contributed by atoms with van der Waals surface area (Å²) in [5, 5.41) is 27.9. The molecule has 1 aromatic carbocycles. The summed E-state index contributed by atoms with van der Waals surface area (Å²) in [4.78, 5) is 12.4. The Morgan fingerprint density at radius 1 is 1.16 bits per heavy atom. The Balaban J connectivity index is 1.24. The molecule has 4 N–H and O–H groups in total. The monoisotopic (exact) mass is 513 g/mol. The SMILES string of the molecule is Cc1cc(Nc2nc(NC3CC4CCC(C3)N4CCC#N)nc3cc(NCC4C=COCC4)ccc23)n[nH]1. The van der Waals surface area contributed by atoms with E-state index in [0.717, 1.165) is 72.9 Å². The summed E-state index contributed by atoms with van der Waals surface area (Å²) in [5.41, 5.74) is 2.89. The van der Waals surface area contributed by atoms with Crippen LogP contribution < -0.4 is 16.0 Å². The van der Waals surface area contributed by atoms with E-state index in [1.54, 1.807) is 6.26 Å². The Morgan fingerprint density at radius 3 is 2.76 bits per heavy atom. The van der Waals surface area contributed by atoms with Crippen LogP contribution in [-0.4, -0.2) is 62.9 Å². The number of anilines is 4. The van der Waals surface area contributed by atoms with Crippen LogP contribution in [0.25, 0.3) is 10.9 Å². The van der Waals surface area contributed by atoms with Gasteiger partial charge in [-0.15, -0.1) is 0 Å². The maximum absolute atomic E-state index is 9.05. The average Bonchev–Trinajstić information content (AvgIpc) is 3.44. The van der Waals surface area contributed by atoms with Crippen LogP contribution in [0.1, 0.15) is 44.2 Å². The van der Waals surface area contributed by atoms with Crippen LogP contribution in [-0.2, 0) is 4.74 Å². The van der Waals surface area contributed by atoms with Crippen molar-refractivity contribution in [3.05, 3.63) is 42.3 Å². The average molecular weight is 514 g/mol. The smallest absolute Gasteiger partial charge is 0.225 e. The fourth-order valence-corrected chi connectivity index (χ4v) is 6.09. The Hall–Kier alpha value is -3.84. The molecule has 3 unspecified atom stereocenters. The number of H-pyrrole nitrogens is 1. The lowest BCUT2D eigenvalue weighted by atomic mass is 9.97. The molecule has 0 amide bonds. The fraction of sp³-hybridized carbons (Fsp3) is 0.500. The number of aromatic amines is 1. The van der Waals surface area contributed by atoms with Crippen molar-refractivity contribution in [3.63, 3.8) is 0 Å². The first-order valence-electron chi connectivity index (χ1n) is 13.7. The second kappa shape index (κ2) is 10.9. The van der Waals surface area contributed by atoms with E-state index in [9.17, 15) is 0 Å². The van der Waals surface area contributed by atoms with Crippen molar-refractivity contribution in [1.82, 2.24) is 25.1 Å². The largest absolute Gasteiger partial charge is 0.501 e. The number of nitrogens with zero attached hydrogens (tertiary/aromatic N) is 5. The van der Waals surface area contributed by atoms with E-state index >= 15 is 0 Å². The number of hydrogen-bond acceptors (Lipinski definition) is 9. The highest BCUT2D eigenvalue weighted by Crippen LogP contribution is 2.37. The molecule has 10 heteroatoms. The van der Waals surface area contributed by atoms with Gasteiger partial charge in [0.2, 0.25) is 5.95 Å². The number of piperidine rings is 1. The predicted molar refractivity (Wildman–Crippen MR) is 148 cm³/mol. The van der Waals surface area contributed by atoms with Crippen LogP contribution in [0.3, 0.4) is 0 Å². The molecule has 10 nitrogen and oxygen atoms in total. The molecule has 6 rings (SSSR count). The van der Waals surface area contributed by atoms with Crippen LogP contribution in [0.5, 0.6) is 0 Å². The van der Waals surface area contributed by atoms with E-state index < -0.39 is 0 Å². The molecule has 2 aromatic heterocycles. The Bertz CT molecular complexity index is 1330. The summed E-state index contributed by atoms with van der Waals surface area (Å²) in [6, 6.07) is 11.9. The molecule has 2 saturated heterocycles. The fourth-order valence-electron chi connectivity index (χ4n) is 6.09. The van der Waals surface area contributed by atoms with Gasteiger partial charge < -0.3 is 20.7 Å². The molecule has 2 fully saturated rings. The van der Waals surface area contributed by atoms with Gasteiger partial charge in [0.1, 0.15) is 5.82 Å². The maximum atomic E-state index is 9.05. The first kappa shape index (κ1) is 24.5. The van der Waals surface area contributed by atoms with Gasteiger partial charge >= 0.3 is 0 Å². The van der Waals surface area contributed by atoms with Crippen molar-refractivity contribution >= 4 is 34.2 Å². The summed E-state index contributed by atoms with van der Waals surface area (Å²) >= 11 is 0. The van der Waals surface area contributed by atoms with Crippen LogP contribution in [0.4, 0.5) is 23.3 Å². The van der Waals surface area contributed by atoms with Crippen molar-refractivity contribution in [1.29, 1.82) is 5.26 Å². The number of ether oxygens (including phenoxy) is 1. The zero-order valence-corrected chi connectivity index (χ0v) is 21.8. The van der Waals surface area contributed by atoms with E-state index in [1.165, 1.54) is 12.8 Å². The number of aryl methyl sites for hydroxylation is 1. The molecule has 198 valence electrons. The third kappa shape index (κ3) is 5.38. The Morgan fingerprint density at radius 2 is 2.03 bits per heavy atom. The lowest BCUT2D eigenvalue weighted by molar-refractivity contribution is 0.135. The van der Waals surface area contributed by atoms with E-state index in [4.69, 9.17) is 20.0 Å². The molecule has 2 bridgehead atoms. The van der Waals surface area contributed by atoms with Crippen LogP contribution in [0.15, 0.2) is 36.6 Å².